The van der Waals surface area contributed by atoms with Gasteiger partial charge in [-0.15, -0.1) is 11.3 Å². The van der Waals surface area contributed by atoms with Gasteiger partial charge in [0.2, 0.25) is 5.95 Å². The number of aromatic amines is 1. The highest BCUT2D eigenvalue weighted by Crippen LogP contribution is 2.28. The molecule has 0 fully saturated rings. The molecule has 7 nitrogen and oxygen atoms in total. The molecular formula is C20H15ClFN5O2S. The molecule has 4 aromatic rings. The largest absolute Gasteiger partial charge is 0.306 e. The van der Waals surface area contributed by atoms with Gasteiger partial charge in [0.1, 0.15) is 17.3 Å². The monoisotopic (exact) mass is 443 g/mol. The average Bonchev–Trinajstić information content (AvgIpc) is 3.37. The molecule has 3 aromatic heterocycles. The van der Waals surface area contributed by atoms with Crippen molar-refractivity contribution in [3.8, 4) is 16.5 Å². The fourth-order valence-electron chi connectivity index (χ4n) is 2.85. The van der Waals surface area contributed by atoms with E-state index in [9.17, 15) is 14.0 Å². The number of thiophene rings is 1. The second-order valence-corrected chi connectivity index (χ2v) is 7.62. The molecule has 0 saturated heterocycles. The Bertz CT molecular complexity index is 1260. The predicted octanol–water partition coefficient (Wildman–Crippen LogP) is 4.29. The van der Waals surface area contributed by atoms with Crippen molar-refractivity contribution in [1.82, 2.24) is 19.7 Å². The van der Waals surface area contributed by atoms with Crippen LogP contribution in [0.15, 0.2) is 52.6 Å². The van der Waals surface area contributed by atoms with Crippen molar-refractivity contribution >= 4 is 34.7 Å². The molecule has 1 aromatic carbocycles. The van der Waals surface area contributed by atoms with Gasteiger partial charge < -0.3 is 5.32 Å². The Morgan fingerprint density at radius 1 is 1.30 bits per heavy atom. The number of aromatic nitrogens is 4. The number of nitrogens with one attached hydrogen (secondary N) is 2. The van der Waals surface area contributed by atoms with Gasteiger partial charge in [-0.3, -0.25) is 14.6 Å². The maximum atomic E-state index is 14.2. The van der Waals surface area contributed by atoms with Crippen molar-refractivity contribution in [3.63, 3.8) is 0 Å². The second kappa shape index (κ2) is 8.21. The van der Waals surface area contributed by atoms with Gasteiger partial charge in [0.25, 0.3) is 11.5 Å². The van der Waals surface area contributed by atoms with Crippen LogP contribution in [-0.2, 0) is 6.42 Å². The summed E-state index contributed by atoms with van der Waals surface area (Å²) in [5.41, 5.74) is 0.494. The lowest BCUT2D eigenvalue weighted by atomic mass is 10.2. The number of H-pyrrole nitrogens is 1. The summed E-state index contributed by atoms with van der Waals surface area (Å²) in [5, 5.41) is 8.99. The highest BCUT2D eigenvalue weighted by Gasteiger charge is 2.20. The number of anilines is 1. The molecule has 0 bridgehead atoms. The molecule has 0 saturated carbocycles. The molecule has 0 spiro atoms. The fraction of sp³-hybridized carbons (Fsp3) is 0.100. The first kappa shape index (κ1) is 20.0. The quantitative estimate of drug-likeness (QED) is 0.481. The molecular weight excluding hydrogens is 429 g/mol. The lowest BCUT2D eigenvalue weighted by Gasteiger charge is -2.10. The molecule has 30 heavy (non-hydrogen) atoms. The molecule has 0 radical (unpaired) electrons. The number of hydrogen-bond acceptors (Lipinski definition) is 5. The first-order valence-electron chi connectivity index (χ1n) is 8.96. The third-order valence-electron chi connectivity index (χ3n) is 4.26. The SMILES string of the molecule is CCc1cc(=O)[nH]c(-n2nc(-c3cccs3)cc2NC(=O)c2c(F)cccc2Cl)n1. The van der Waals surface area contributed by atoms with Crippen LogP contribution in [0.25, 0.3) is 16.5 Å². The Labute approximate surface area is 179 Å². The molecule has 10 heteroatoms. The van der Waals surface area contributed by atoms with Gasteiger partial charge >= 0.3 is 0 Å². The van der Waals surface area contributed by atoms with E-state index in [0.29, 0.717) is 17.8 Å². The van der Waals surface area contributed by atoms with E-state index in [1.807, 2.05) is 24.4 Å². The minimum atomic E-state index is -0.746. The van der Waals surface area contributed by atoms with Gasteiger partial charge in [0.15, 0.2) is 0 Å². The fourth-order valence-corrected chi connectivity index (χ4v) is 3.78. The van der Waals surface area contributed by atoms with Gasteiger partial charge in [0, 0.05) is 17.8 Å². The maximum Gasteiger partial charge on any atom is 0.261 e. The lowest BCUT2D eigenvalue weighted by Crippen LogP contribution is -2.20. The topological polar surface area (TPSA) is 92.7 Å². The van der Waals surface area contributed by atoms with E-state index < -0.39 is 11.7 Å². The summed E-state index contributed by atoms with van der Waals surface area (Å²) in [6.07, 6.45) is 0.544. The summed E-state index contributed by atoms with van der Waals surface area (Å²) in [6, 6.07) is 10.8. The summed E-state index contributed by atoms with van der Waals surface area (Å²) in [4.78, 5) is 32.7. The average molecular weight is 444 g/mol. The number of halogens is 2. The highest BCUT2D eigenvalue weighted by molar-refractivity contribution is 7.13. The molecule has 0 aliphatic rings. The lowest BCUT2D eigenvalue weighted by molar-refractivity contribution is 0.102. The van der Waals surface area contributed by atoms with Crippen molar-refractivity contribution in [1.29, 1.82) is 0 Å². The molecule has 3 heterocycles. The Morgan fingerprint density at radius 2 is 2.13 bits per heavy atom. The smallest absolute Gasteiger partial charge is 0.261 e. The molecule has 0 aliphatic heterocycles. The predicted molar refractivity (Wildman–Crippen MR) is 114 cm³/mol. The standard InChI is InChI=1S/C20H15ClFN5O2S/c1-2-11-9-17(28)25-20(23-11)27-16(10-14(26-27)15-7-4-8-30-15)24-19(29)18-12(21)5-3-6-13(18)22/h3-10H,2H2,1H3,(H,24,29)(H,23,25,28). The van der Waals surface area contributed by atoms with Crippen LogP contribution < -0.4 is 10.9 Å². The summed E-state index contributed by atoms with van der Waals surface area (Å²) in [5.74, 6) is -1.15. The summed E-state index contributed by atoms with van der Waals surface area (Å²) in [7, 11) is 0. The molecule has 152 valence electrons. The van der Waals surface area contributed by atoms with Crippen molar-refractivity contribution in [3.05, 3.63) is 80.3 Å². The third-order valence-corrected chi connectivity index (χ3v) is 5.47. The van der Waals surface area contributed by atoms with Crippen LogP contribution in [0.4, 0.5) is 10.2 Å². The van der Waals surface area contributed by atoms with Crippen molar-refractivity contribution in [2.45, 2.75) is 13.3 Å². The van der Waals surface area contributed by atoms with E-state index >= 15 is 0 Å². The zero-order valence-corrected chi connectivity index (χ0v) is 17.2. The van der Waals surface area contributed by atoms with Crippen LogP contribution in [0, 0.1) is 5.82 Å². The number of carbonyl (C=O) groups excluding carboxylic acids is 1. The van der Waals surface area contributed by atoms with Gasteiger partial charge in [-0.1, -0.05) is 30.7 Å². The Kier molecular flexibility index (Phi) is 5.47. The Balaban J connectivity index is 1.81. The van der Waals surface area contributed by atoms with Crippen LogP contribution in [0.3, 0.4) is 0 Å². The highest BCUT2D eigenvalue weighted by atomic mass is 35.5. The summed E-state index contributed by atoms with van der Waals surface area (Å²) >= 11 is 7.47. The first-order chi connectivity index (χ1) is 14.5. The van der Waals surface area contributed by atoms with Crippen LogP contribution >= 0.6 is 22.9 Å². The van der Waals surface area contributed by atoms with Crippen molar-refractivity contribution in [2.75, 3.05) is 5.32 Å². The molecule has 2 N–H and O–H groups in total. The van der Waals surface area contributed by atoms with E-state index in [2.05, 4.69) is 20.4 Å². The van der Waals surface area contributed by atoms with Gasteiger partial charge in [-0.05, 0) is 30.0 Å². The molecule has 0 unspecified atom stereocenters. The number of rotatable bonds is 5. The van der Waals surface area contributed by atoms with Crippen LogP contribution in [0.2, 0.25) is 5.02 Å². The van der Waals surface area contributed by atoms with E-state index in [1.54, 1.807) is 6.07 Å². The first-order valence-corrected chi connectivity index (χ1v) is 10.2. The molecule has 0 atom stereocenters. The number of nitrogens with zero attached hydrogens (tertiary/aromatic N) is 3. The normalized spacial score (nSPS) is 10.9. The van der Waals surface area contributed by atoms with Gasteiger partial charge in [-0.2, -0.15) is 9.78 Å². The van der Waals surface area contributed by atoms with Gasteiger partial charge in [-0.25, -0.2) is 9.37 Å². The van der Waals surface area contributed by atoms with Crippen LogP contribution in [0.5, 0.6) is 0 Å². The Morgan fingerprint density at radius 3 is 2.83 bits per heavy atom. The second-order valence-electron chi connectivity index (χ2n) is 6.27. The maximum absolute atomic E-state index is 14.2. The van der Waals surface area contributed by atoms with Crippen molar-refractivity contribution in [2.24, 2.45) is 0 Å². The number of amides is 1. The number of benzene rings is 1. The summed E-state index contributed by atoms with van der Waals surface area (Å²) < 4.78 is 15.5. The molecule has 4 rings (SSSR count). The zero-order valence-electron chi connectivity index (χ0n) is 15.6. The van der Waals surface area contributed by atoms with Crippen LogP contribution in [-0.4, -0.2) is 25.7 Å². The van der Waals surface area contributed by atoms with E-state index in [1.165, 1.54) is 34.2 Å². The van der Waals surface area contributed by atoms with E-state index in [-0.39, 0.29) is 27.9 Å². The van der Waals surface area contributed by atoms with E-state index in [0.717, 1.165) is 10.9 Å². The number of hydrogen-bond donors (Lipinski definition) is 2. The minimum absolute atomic E-state index is 0.0171. The summed E-state index contributed by atoms with van der Waals surface area (Å²) in [6.45, 7) is 1.87. The van der Waals surface area contributed by atoms with Crippen molar-refractivity contribution < 1.29 is 9.18 Å². The zero-order chi connectivity index (χ0) is 21.3. The third kappa shape index (κ3) is 3.89. The van der Waals surface area contributed by atoms with Gasteiger partial charge in [0.05, 0.1) is 15.5 Å². The Hall–Kier alpha value is -3.30. The minimum Gasteiger partial charge on any atom is -0.306 e. The number of carbonyl (C=O) groups is 1. The van der Waals surface area contributed by atoms with E-state index in [4.69, 9.17) is 11.6 Å². The number of aryl methyl sites for hydroxylation is 1. The molecule has 0 aliphatic carbocycles. The molecule has 1 amide bonds. The van der Waals surface area contributed by atoms with Crippen LogP contribution in [0.1, 0.15) is 23.0 Å².